The Labute approximate surface area is 109 Å². The highest BCUT2D eigenvalue weighted by Crippen LogP contribution is 2.28. The molecule has 0 saturated heterocycles. The van der Waals surface area contributed by atoms with Gasteiger partial charge in [0, 0.05) is 29.7 Å². The monoisotopic (exact) mass is 250 g/mol. The lowest BCUT2D eigenvalue weighted by molar-refractivity contribution is 0.352. The third kappa shape index (κ3) is 3.71. The summed E-state index contributed by atoms with van der Waals surface area (Å²) in [6.45, 7) is 2.23. The van der Waals surface area contributed by atoms with E-state index in [0.29, 0.717) is 12.1 Å². The first-order chi connectivity index (χ1) is 8.29. The van der Waals surface area contributed by atoms with Crippen molar-refractivity contribution < 1.29 is 0 Å². The topological polar surface area (TPSA) is 24.9 Å². The third-order valence-corrected chi connectivity index (χ3v) is 4.82. The summed E-state index contributed by atoms with van der Waals surface area (Å²) in [6.07, 6.45) is 11.4. The molecular weight excluding hydrogens is 228 g/mol. The van der Waals surface area contributed by atoms with Gasteiger partial charge in [-0.15, -0.1) is 0 Å². The maximum absolute atomic E-state index is 4.18. The van der Waals surface area contributed by atoms with Gasteiger partial charge in [0.1, 0.15) is 0 Å². The van der Waals surface area contributed by atoms with E-state index in [0.717, 1.165) is 5.25 Å². The van der Waals surface area contributed by atoms with Crippen molar-refractivity contribution in [3.63, 3.8) is 0 Å². The lowest BCUT2D eigenvalue weighted by Gasteiger charge is -2.30. The summed E-state index contributed by atoms with van der Waals surface area (Å²) in [4.78, 5) is 4.18. The third-order valence-electron chi connectivity index (χ3n) is 3.68. The van der Waals surface area contributed by atoms with Gasteiger partial charge in [0.25, 0.3) is 0 Å². The zero-order valence-electron chi connectivity index (χ0n) is 10.7. The number of thioether (sulfide) groups is 1. The minimum absolute atomic E-state index is 0.416. The second-order valence-electron chi connectivity index (χ2n) is 4.88. The summed E-state index contributed by atoms with van der Waals surface area (Å²) in [5.41, 5.74) is 1.29. The zero-order valence-corrected chi connectivity index (χ0v) is 11.5. The lowest BCUT2D eigenvalue weighted by Crippen LogP contribution is -2.35. The Morgan fingerprint density at radius 2 is 2.12 bits per heavy atom. The Balaban J connectivity index is 1.82. The summed E-state index contributed by atoms with van der Waals surface area (Å²) in [6, 6.07) is 5.27. The molecule has 17 heavy (non-hydrogen) atoms. The Kier molecular flexibility index (Phi) is 4.86. The van der Waals surface area contributed by atoms with Crippen LogP contribution in [0.15, 0.2) is 24.5 Å². The fourth-order valence-electron chi connectivity index (χ4n) is 2.55. The fraction of sp³-hybridized carbons (Fsp3) is 0.643. The van der Waals surface area contributed by atoms with Gasteiger partial charge in [-0.25, -0.2) is 0 Å². The van der Waals surface area contributed by atoms with Crippen LogP contribution in [0.2, 0.25) is 0 Å². The molecule has 1 aromatic heterocycles. The number of nitrogens with zero attached hydrogens (tertiary/aromatic N) is 1. The van der Waals surface area contributed by atoms with Crippen LogP contribution in [0.1, 0.15) is 44.2 Å². The molecule has 1 aliphatic rings. The number of hydrogen-bond acceptors (Lipinski definition) is 3. The van der Waals surface area contributed by atoms with E-state index in [1.807, 2.05) is 30.2 Å². The summed E-state index contributed by atoms with van der Waals surface area (Å²) >= 11 is 2.03. The molecule has 0 spiro atoms. The van der Waals surface area contributed by atoms with E-state index in [1.165, 1.54) is 31.2 Å². The van der Waals surface area contributed by atoms with Gasteiger partial charge in [0.05, 0.1) is 0 Å². The molecule has 1 aliphatic carbocycles. The number of nitrogens with one attached hydrogen (secondary N) is 1. The van der Waals surface area contributed by atoms with Crippen molar-refractivity contribution in [1.82, 2.24) is 10.3 Å². The Morgan fingerprint density at radius 1 is 1.35 bits per heavy atom. The lowest BCUT2D eigenvalue weighted by atomic mass is 9.94. The molecule has 1 heterocycles. The minimum Gasteiger partial charge on any atom is -0.307 e. The van der Waals surface area contributed by atoms with Gasteiger partial charge < -0.3 is 5.32 Å². The first-order valence-electron chi connectivity index (χ1n) is 6.48. The highest BCUT2D eigenvalue weighted by atomic mass is 32.2. The Hall–Kier alpha value is -0.540. The molecule has 94 valence electrons. The smallest absolute Gasteiger partial charge is 0.0315 e. The van der Waals surface area contributed by atoms with Crippen molar-refractivity contribution in [3.8, 4) is 0 Å². The largest absolute Gasteiger partial charge is 0.307 e. The number of aromatic nitrogens is 1. The summed E-state index contributed by atoms with van der Waals surface area (Å²) in [5.74, 6) is 0. The molecule has 0 amide bonds. The van der Waals surface area contributed by atoms with Crippen LogP contribution in [-0.4, -0.2) is 22.5 Å². The van der Waals surface area contributed by atoms with Crippen LogP contribution in [0.25, 0.3) is 0 Å². The predicted molar refractivity (Wildman–Crippen MR) is 75.3 cm³/mol. The van der Waals surface area contributed by atoms with E-state index < -0.39 is 0 Å². The van der Waals surface area contributed by atoms with Crippen LogP contribution in [0.4, 0.5) is 0 Å². The molecule has 0 aromatic carbocycles. The fourth-order valence-corrected chi connectivity index (χ4v) is 3.29. The molecule has 2 rings (SSSR count). The highest BCUT2D eigenvalue weighted by Gasteiger charge is 2.21. The molecule has 0 radical (unpaired) electrons. The normalized spacial score (nSPS) is 26.7. The second kappa shape index (κ2) is 6.41. The summed E-state index contributed by atoms with van der Waals surface area (Å²) in [7, 11) is 0. The van der Waals surface area contributed by atoms with E-state index in [9.17, 15) is 0 Å². The molecule has 3 heteroatoms. The van der Waals surface area contributed by atoms with Gasteiger partial charge in [0.2, 0.25) is 0 Å². The van der Waals surface area contributed by atoms with Crippen LogP contribution >= 0.6 is 11.8 Å². The SMILES string of the molecule is CSC1CCC(NC(C)c2cccnc2)CC1. The summed E-state index contributed by atoms with van der Waals surface area (Å²) in [5, 5.41) is 4.62. The molecular formula is C14H22N2S. The molecule has 1 atom stereocenters. The van der Waals surface area contributed by atoms with E-state index in [4.69, 9.17) is 0 Å². The number of rotatable bonds is 4. The van der Waals surface area contributed by atoms with Gasteiger partial charge in [-0.3, -0.25) is 4.98 Å². The molecule has 0 bridgehead atoms. The molecule has 1 saturated carbocycles. The van der Waals surface area contributed by atoms with Gasteiger partial charge in [-0.2, -0.15) is 11.8 Å². The second-order valence-corrected chi connectivity index (χ2v) is 6.02. The van der Waals surface area contributed by atoms with Crippen LogP contribution in [0.5, 0.6) is 0 Å². The van der Waals surface area contributed by atoms with Crippen molar-refractivity contribution in [2.75, 3.05) is 6.26 Å². The Bertz CT molecular complexity index is 320. The average molecular weight is 250 g/mol. The first-order valence-corrected chi connectivity index (χ1v) is 7.77. The van der Waals surface area contributed by atoms with Crippen LogP contribution in [-0.2, 0) is 0 Å². The maximum atomic E-state index is 4.18. The van der Waals surface area contributed by atoms with Crippen molar-refractivity contribution in [2.24, 2.45) is 0 Å². The maximum Gasteiger partial charge on any atom is 0.0315 e. The van der Waals surface area contributed by atoms with Gasteiger partial charge in [-0.05, 0) is 50.5 Å². The first kappa shape index (κ1) is 12.9. The highest BCUT2D eigenvalue weighted by molar-refractivity contribution is 7.99. The molecule has 1 N–H and O–H groups in total. The quantitative estimate of drug-likeness (QED) is 0.886. The molecule has 1 fully saturated rings. The molecule has 2 nitrogen and oxygen atoms in total. The van der Waals surface area contributed by atoms with Gasteiger partial charge >= 0.3 is 0 Å². The minimum atomic E-state index is 0.416. The Morgan fingerprint density at radius 3 is 2.71 bits per heavy atom. The predicted octanol–water partition coefficient (Wildman–Crippen LogP) is 3.41. The van der Waals surface area contributed by atoms with Gasteiger partial charge in [-0.1, -0.05) is 6.07 Å². The van der Waals surface area contributed by atoms with Crippen molar-refractivity contribution in [1.29, 1.82) is 0 Å². The molecule has 1 aromatic rings. The number of hydrogen-bond donors (Lipinski definition) is 1. The van der Waals surface area contributed by atoms with E-state index in [2.05, 4.69) is 29.5 Å². The molecule has 0 aliphatic heterocycles. The van der Waals surface area contributed by atoms with Crippen LogP contribution in [0.3, 0.4) is 0 Å². The zero-order chi connectivity index (χ0) is 12.1. The molecule has 1 unspecified atom stereocenters. The standard InChI is InChI=1S/C14H22N2S/c1-11(12-4-3-9-15-10-12)16-13-5-7-14(17-2)8-6-13/h3-4,9-11,13-14,16H,5-8H2,1-2H3. The van der Waals surface area contributed by atoms with E-state index in [1.54, 1.807) is 0 Å². The van der Waals surface area contributed by atoms with Crippen molar-refractivity contribution in [3.05, 3.63) is 30.1 Å². The van der Waals surface area contributed by atoms with Gasteiger partial charge in [0.15, 0.2) is 0 Å². The summed E-state index contributed by atoms with van der Waals surface area (Å²) < 4.78 is 0. The van der Waals surface area contributed by atoms with Crippen LogP contribution < -0.4 is 5.32 Å². The van der Waals surface area contributed by atoms with Crippen LogP contribution in [0, 0.1) is 0 Å². The average Bonchev–Trinajstić information content (AvgIpc) is 2.40. The van der Waals surface area contributed by atoms with E-state index in [-0.39, 0.29) is 0 Å². The van der Waals surface area contributed by atoms with Crippen molar-refractivity contribution >= 4 is 11.8 Å². The van der Waals surface area contributed by atoms with E-state index >= 15 is 0 Å². The number of pyridine rings is 1. The van der Waals surface area contributed by atoms with Crippen molar-refractivity contribution in [2.45, 2.75) is 49.9 Å².